The van der Waals surface area contributed by atoms with Crippen molar-refractivity contribution in [1.29, 1.82) is 0 Å². The lowest BCUT2D eigenvalue weighted by Crippen LogP contribution is -2.49. The average molecular weight is 464 g/mol. The van der Waals surface area contributed by atoms with Crippen LogP contribution in [0.2, 0.25) is 0 Å². The summed E-state index contributed by atoms with van der Waals surface area (Å²) in [5, 5.41) is 12.4. The summed E-state index contributed by atoms with van der Waals surface area (Å²) in [7, 11) is 0. The number of amides is 2. The molecule has 2 atom stereocenters. The first-order chi connectivity index (χ1) is 14.6. The predicted octanol–water partition coefficient (Wildman–Crippen LogP) is 3.02. The number of rotatable bonds is 3. The summed E-state index contributed by atoms with van der Waals surface area (Å²) in [6.45, 7) is 8.36. The molecule has 2 N–H and O–H groups in total. The first kappa shape index (κ1) is 23.8. The van der Waals surface area contributed by atoms with Crippen LogP contribution in [-0.2, 0) is 16.1 Å². The molecule has 4 rings (SSSR count). The third kappa shape index (κ3) is 6.56. The molecule has 0 aromatic carbocycles. The van der Waals surface area contributed by atoms with Crippen LogP contribution in [0.5, 0.6) is 0 Å². The first-order valence-corrected chi connectivity index (χ1v) is 11.1. The molecule has 2 amide bonds. The zero-order chi connectivity index (χ0) is 22.6. The van der Waals surface area contributed by atoms with Crippen molar-refractivity contribution in [3.63, 3.8) is 0 Å². The lowest BCUT2D eigenvalue weighted by molar-refractivity contribution is -0.192. The molecule has 3 fully saturated rings. The number of ether oxygens (including phenoxy) is 1. The lowest BCUT2D eigenvalue weighted by Gasteiger charge is -2.35. The zero-order valence-corrected chi connectivity index (χ0v) is 18.2. The van der Waals surface area contributed by atoms with Crippen LogP contribution < -0.4 is 5.32 Å². The SMILES string of the molecule is C[C@H]1CN(Cc2cccs2)C[C@@]12COCCN(C(=O)NC1CC1)C2.O=C(O)C(F)(F)F. The highest BCUT2D eigenvalue weighted by Crippen LogP contribution is 2.39. The van der Waals surface area contributed by atoms with E-state index >= 15 is 0 Å². The summed E-state index contributed by atoms with van der Waals surface area (Å²) < 4.78 is 37.7. The summed E-state index contributed by atoms with van der Waals surface area (Å²) >= 11 is 1.82. The number of nitrogens with one attached hydrogen (secondary N) is 1. The van der Waals surface area contributed by atoms with Gasteiger partial charge in [0, 0.05) is 49.1 Å². The molecule has 1 saturated carbocycles. The largest absolute Gasteiger partial charge is 0.490 e. The maximum absolute atomic E-state index is 12.5. The van der Waals surface area contributed by atoms with Gasteiger partial charge in [-0.15, -0.1) is 11.3 Å². The van der Waals surface area contributed by atoms with Crippen LogP contribution in [0.25, 0.3) is 0 Å². The van der Waals surface area contributed by atoms with Gasteiger partial charge < -0.3 is 20.1 Å². The molecule has 3 heterocycles. The molecule has 1 spiro atoms. The number of carbonyl (C=O) groups is 2. The number of hydrogen-bond acceptors (Lipinski definition) is 5. The Morgan fingerprint density at radius 1 is 1.35 bits per heavy atom. The van der Waals surface area contributed by atoms with E-state index < -0.39 is 12.1 Å². The van der Waals surface area contributed by atoms with Crippen molar-refractivity contribution >= 4 is 23.3 Å². The van der Waals surface area contributed by atoms with Crippen molar-refractivity contribution in [3.05, 3.63) is 22.4 Å². The van der Waals surface area contributed by atoms with Crippen molar-refractivity contribution in [1.82, 2.24) is 15.1 Å². The quantitative estimate of drug-likeness (QED) is 0.720. The van der Waals surface area contributed by atoms with Crippen molar-refractivity contribution in [3.8, 4) is 0 Å². The molecular weight excluding hydrogens is 435 g/mol. The van der Waals surface area contributed by atoms with Crippen LogP contribution in [0, 0.1) is 11.3 Å². The molecule has 2 aliphatic heterocycles. The van der Waals surface area contributed by atoms with E-state index in [1.807, 2.05) is 16.2 Å². The Labute approximate surface area is 183 Å². The van der Waals surface area contributed by atoms with Gasteiger partial charge in [0.15, 0.2) is 0 Å². The van der Waals surface area contributed by atoms with Gasteiger partial charge in [0.2, 0.25) is 0 Å². The molecule has 1 aliphatic carbocycles. The molecule has 0 unspecified atom stereocenters. The van der Waals surface area contributed by atoms with Crippen LogP contribution in [-0.4, -0.2) is 78.5 Å². The van der Waals surface area contributed by atoms with E-state index in [4.69, 9.17) is 14.6 Å². The molecule has 0 radical (unpaired) electrons. The monoisotopic (exact) mass is 463 g/mol. The maximum Gasteiger partial charge on any atom is 0.490 e. The summed E-state index contributed by atoms with van der Waals surface area (Å²) in [6, 6.07) is 4.84. The van der Waals surface area contributed by atoms with Gasteiger partial charge in [0.1, 0.15) is 0 Å². The Morgan fingerprint density at radius 2 is 2.06 bits per heavy atom. The molecule has 31 heavy (non-hydrogen) atoms. The number of carbonyl (C=O) groups excluding carboxylic acids is 1. The number of thiophene rings is 1. The number of hydrogen-bond donors (Lipinski definition) is 2. The Hall–Kier alpha value is -1.85. The van der Waals surface area contributed by atoms with Gasteiger partial charge in [-0.3, -0.25) is 4.90 Å². The van der Waals surface area contributed by atoms with E-state index in [-0.39, 0.29) is 11.4 Å². The fourth-order valence-electron chi connectivity index (χ4n) is 4.01. The van der Waals surface area contributed by atoms with Crippen LogP contribution in [0.15, 0.2) is 17.5 Å². The molecule has 11 heteroatoms. The number of alkyl halides is 3. The van der Waals surface area contributed by atoms with Gasteiger partial charge in [-0.1, -0.05) is 13.0 Å². The number of urea groups is 1. The van der Waals surface area contributed by atoms with Gasteiger partial charge >= 0.3 is 18.2 Å². The number of carboxylic acid groups (broad SMARTS) is 1. The minimum atomic E-state index is -5.08. The zero-order valence-electron chi connectivity index (χ0n) is 17.4. The first-order valence-electron chi connectivity index (χ1n) is 10.3. The fourth-order valence-corrected chi connectivity index (χ4v) is 4.75. The highest BCUT2D eigenvalue weighted by Gasteiger charge is 2.47. The standard InChI is InChI=1S/C18H27N3O2S.C2HF3O2/c1-14-9-20(10-16-3-2-8-24-16)11-18(14)12-21(6-7-23-13-18)17(22)19-15-4-5-15;3-2(4,5)1(6)7/h2-3,8,14-15H,4-7,9-13H2,1H3,(H,19,22);(H,6,7)/t14-,18+;/m0./s1. The molecule has 1 aromatic heterocycles. The lowest BCUT2D eigenvalue weighted by atomic mass is 9.79. The summed E-state index contributed by atoms with van der Waals surface area (Å²) in [5.74, 6) is -2.22. The number of likely N-dealkylation sites (tertiary alicyclic amines) is 1. The second-order valence-corrected chi connectivity index (χ2v) is 9.55. The van der Waals surface area contributed by atoms with Gasteiger partial charge in [-0.25, -0.2) is 9.59 Å². The highest BCUT2D eigenvalue weighted by atomic mass is 32.1. The minimum absolute atomic E-state index is 0.0641. The number of carboxylic acids is 1. The average Bonchev–Trinajstić information content (AvgIpc) is 3.32. The fraction of sp³-hybridized carbons (Fsp3) is 0.700. The Kier molecular flexibility index (Phi) is 7.48. The molecule has 1 aromatic rings. The smallest absolute Gasteiger partial charge is 0.475 e. The van der Waals surface area contributed by atoms with Crippen molar-refractivity contribution in [2.24, 2.45) is 11.3 Å². The van der Waals surface area contributed by atoms with E-state index in [1.165, 1.54) is 4.88 Å². The Bertz CT molecular complexity index is 757. The normalized spacial score (nSPS) is 26.8. The van der Waals surface area contributed by atoms with Crippen LogP contribution in [0.3, 0.4) is 0 Å². The van der Waals surface area contributed by atoms with E-state index in [0.717, 1.165) is 45.6 Å². The Morgan fingerprint density at radius 3 is 2.65 bits per heavy atom. The third-order valence-electron chi connectivity index (χ3n) is 5.91. The van der Waals surface area contributed by atoms with Gasteiger partial charge in [0.05, 0.1) is 13.2 Å². The van der Waals surface area contributed by atoms with Crippen LogP contribution in [0.1, 0.15) is 24.6 Å². The van der Waals surface area contributed by atoms with E-state index in [9.17, 15) is 18.0 Å². The third-order valence-corrected chi connectivity index (χ3v) is 6.77. The van der Waals surface area contributed by atoms with Gasteiger partial charge in [0.25, 0.3) is 0 Å². The molecule has 2 saturated heterocycles. The van der Waals surface area contributed by atoms with Crippen molar-refractivity contribution < 1.29 is 32.6 Å². The maximum atomic E-state index is 12.5. The summed E-state index contributed by atoms with van der Waals surface area (Å²) in [4.78, 5) is 27.4. The van der Waals surface area contributed by atoms with Gasteiger partial charge in [-0.05, 0) is 30.2 Å². The van der Waals surface area contributed by atoms with Crippen LogP contribution >= 0.6 is 11.3 Å². The second kappa shape index (κ2) is 9.74. The molecule has 7 nitrogen and oxygen atoms in total. The number of aliphatic carboxylic acids is 1. The Balaban J connectivity index is 0.000000339. The van der Waals surface area contributed by atoms with Crippen LogP contribution in [0.4, 0.5) is 18.0 Å². The topological polar surface area (TPSA) is 82.1 Å². The highest BCUT2D eigenvalue weighted by molar-refractivity contribution is 7.09. The van der Waals surface area contributed by atoms with E-state index in [0.29, 0.717) is 25.1 Å². The summed E-state index contributed by atoms with van der Waals surface area (Å²) in [6.07, 6.45) is -2.82. The second-order valence-electron chi connectivity index (χ2n) is 8.51. The van der Waals surface area contributed by atoms with Crippen molar-refractivity contribution in [2.75, 3.05) is 39.4 Å². The molecular formula is C20H28F3N3O4S. The summed E-state index contributed by atoms with van der Waals surface area (Å²) in [5.41, 5.74) is 0.0641. The van der Waals surface area contributed by atoms with E-state index in [1.54, 1.807) is 0 Å². The molecule has 0 bridgehead atoms. The molecule has 3 aliphatic rings. The minimum Gasteiger partial charge on any atom is -0.475 e. The molecule has 174 valence electrons. The van der Waals surface area contributed by atoms with Gasteiger partial charge in [-0.2, -0.15) is 13.2 Å². The number of halogens is 3. The predicted molar refractivity (Wildman–Crippen MR) is 109 cm³/mol. The number of nitrogens with zero attached hydrogens (tertiary/aromatic N) is 2. The van der Waals surface area contributed by atoms with E-state index in [2.05, 4.69) is 34.7 Å². The van der Waals surface area contributed by atoms with Crippen molar-refractivity contribution in [2.45, 2.75) is 38.5 Å².